The third-order valence-electron chi connectivity index (χ3n) is 19.2. The van der Waals surface area contributed by atoms with Crippen LogP contribution in [0.2, 0.25) is 5.15 Å². The van der Waals surface area contributed by atoms with Gasteiger partial charge in [-0.1, -0.05) is 19.0 Å². The number of pyridine rings is 6. The topological polar surface area (TPSA) is 473 Å². The minimum atomic E-state index is -5.03. The van der Waals surface area contributed by atoms with Gasteiger partial charge < -0.3 is 100 Å². The summed E-state index contributed by atoms with van der Waals surface area (Å²) in [4.78, 5) is 138. The molecule has 0 radical (unpaired) electrons. The number of halogens is 14. The van der Waals surface area contributed by atoms with Gasteiger partial charge in [-0.3, -0.25) is 9.59 Å². The summed E-state index contributed by atoms with van der Waals surface area (Å²) >= 11 is 11.4. The number of H-pyrrole nitrogens is 1. The molecule has 14 heterocycles. The third-order valence-corrected chi connectivity index (χ3v) is 19.7. The summed E-state index contributed by atoms with van der Waals surface area (Å²) in [5, 5.41) is 27.9. The maximum Gasteiger partial charge on any atom is 1.00 e. The van der Waals surface area contributed by atoms with Crippen LogP contribution in [-0.4, -0.2) is 257 Å². The number of amides is 5. The van der Waals surface area contributed by atoms with Gasteiger partial charge in [-0.2, -0.15) is 52.7 Å². The molecule has 0 aliphatic carbocycles. The molecule has 800 valence electrons. The number of nitrogens with zero attached hydrogens (tertiary/aromatic N) is 21. The first-order chi connectivity index (χ1) is 68.6. The number of anilines is 5. The zero-order valence-corrected chi connectivity index (χ0v) is 93.3. The minimum absolute atomic E-state index is 0. The summed E-state index contributed by atoms with van der Waals surface area (Å²) in [5.41, 5.74) is -1.48. The van der Waals surface area contributed by atoms with Gasteiger partial charge in [-0.25, -0.2) is 84.0 Å². The third kappa shape index (κ3) is 50.3. The molecule has 4 saturated heterocycles. The molecule has 0 spiro atoms. The van der Waals surface area contributed by atoms with Crippen LogP contribution in [0.4, 0.5) is 101 Å². The Bertz CT molecular complexity index is 5840. The van der Waals surface area contributed by atoms with Crippen molar-refractivity contribution in [1.29, 1.82) is 0 Å². The Morgan fingerprint density at radius 3 is 1.01 bits per heavy atom. The van der Waals surface area contributed by atoms with E-state index in [0.717, 1.165) is 11.1 Å². The molecule has 0 bridgehead atoms. The molecule has 56 heteroatoms. The molecule has 4 aliphatic rings. The average Bonchev–Trinajstić information content (AvgIpc) is 0.797. The van der Waals surface area contributed by atoms with Crippen LogP contribution in [0.25, 0.3) is 0 Å². The van der Waals surface area contributed by atoms with Crippen LogP contribution in [0.1, 0.15) is 116 Å². The Kier molecular flexibility index (Phi) is 61.2. The molecule has 0 unspecified atom stereocenters. The molecule has 10 aromatic heterocycles. The van der Waals surface area contributed by atoms with E-state index >= 15 is 0 Å². The van der Waals surface area contributed by atoms with Crippen molar-refractivity contribution >= 4 is 82.9 Å². The number of urea groups is 1. The Labute approximate surface area is 975 Å². The van der Waals surface area contributed by atoms with E-state index in [9.17, 15) is 76.7 Å². The first-order valence-corrected chi connectivity index (χ1v) is 44.8. The van der Waals surface area contributed by atoms with Crippen molar-refractivity contribution < 1.29 is 260 Å². The van der Waals surface area contributed by atoms with Crippen molar-refractivity contribution in [2.45, 2.75) is 138 Å². The molecule has 0 saturated carbocycles. The summed E-state index contributed by atoms with van der Waals surface area (Å²) < 4.78 is 181. The standard InChI is InChI=1S/C23H19F7N6O2.C19H24FN5O3.C13H19ClN4O2.C13H20N4O3.C6H5ClFN.2C6H6FNO.C6H6FN.CH2O3.CH4.2K.Na.H2O.H/c24-18-9-14(1-2-31-18)13-38-20-19(32-3-4-33-20)35-5-7-36(8-6-35)21(37)34-17-11-15(22(25,26)27)10-16(12-17)23(28,29)30;1-19(2,3)28-18(26)25-10-8-24(9-11-25)16-17(23-7-6-22-16)27-13-14-4-5-21-15(20)12-14;1-13(2,3)20-12(19)18-8-6-17(7-9-18)11-10(14)15-4-5-16-11;1-13(2,3)20-12(19)17-8-6-16(7-9-17)10-11(18)15-5-4-14-10;7-4-5-1-2-9-6(8)3-5;2*7-6-3-5(4-9)1-2-8-6;1-5-2-3-8-6(7)4-5;2-1-4-3;;;;;;/h1-4,9-12H,5-8,13H2,(H,34,37);4-7,12H,8-11,13H2,1-3H3;4-5H,6-9H2,1-3H3;4-5H,6-9H2,1-3H3,(H,15,18);1-3H,4H2;2*1-3,9H,4H2;2-4H,1H3;1,3H;1H4;;;;1H2;/q;;;;;;;;;;3*+1;;-1/p-2. The quantitative estimate of drug-likeness (QED) is 0.0142. The Balaban J connectivity index is 0.000000901. The fourth-order valence-electron chi connectivity index (χ4n) is 12.5. The second-order valence-electron chi connectivity index (χ2n) is 33.7. The van der Waals surface area contributed by atoms with Crippen LogP contribution in [0.5, 0.6) is 11.8 Å². The van der Waals surface area contributed by atoms with Gasteiger partial charge in [0.15, 0.2) is 28.4 Å². The fourth-order valence-corrected chi connectivity index (χ4v) is 12.9. The van der Waals surface area contributed by atoms with Gasteiger partial charge in [-0.15, -0.1) is 11.6 Å². The molecule has 4 fully saturated rings. The second-order valence-corrected chi connectivity index (χ2v) is 34.3. The van der Waals surface area contributed by atoms with E-state index in [-0.39, 0.29) is 242 Å². The number of aliphatic hydroxyl groups excluding tert-OH is 2. The summed E-state index contributed by atoms with van der Waals surface area (Å²) in [7, 11) is 0. The van der Waals surface area contributed by atoms with E-state index < -0.39 is 87.7 Å². The largest absolute Gasteiger partial charge is 1.00 e. The van der Waals surface area contributed by atoms with Gasteiger partial charge in [0.2, 0.25) is 35.7 Å². The number of piperazine rings is 4. The minimum Gasteiger partial charge on any atom is -1.00 e. The van der Waals surface area contributed by atoms with Crippen LogP contribution in [0.15, 0.2) is 183 Å². The zero-order chi connectivity index (χ0) is 107. The number of alkyl halides is 7. The van der Waals surface area contributed by atoms with E-state index in [1.807, 2.05) is 83.9 Å². The number of nitrogens with one attached hydrogen (secondary N) is 2. The molecule has 4 aliphatic heterocycles. The number of aromatic nitrogens is 14. The summed E-state index contributed by atoms with van der Waals surface area (Å²) in [5.74, 6) is -0.347. The van der Waals surface area contributed by atoms with Gasteiger partial charge in [0, 0.05) is 203 Å². The van der Waals surface area contributed by atoms with Crippen LogP contribution in [0.3, 0.4) is 0 Å². The average molecular weight is 2220 g/mol. The first-order valence-electron chi connectivity index (χ1n) is 43.9. The second kappa shape index (κ2) is 67.8. The molecule has 150 heavy (non-hydrogen) atoms. The van der Waals surface area contributed by atoms with Crippen molar-refractivity contribution in [3.05, 3.63) is 273 Å². The van der Waals surface area contributed by atoms with E-state index in [0.29, 0.717) is 153 Å². The fraction of sp³-hybridized carbons (Fsp3) is 0.394. The van der Waals surface area contributed by atoms with E-state index in [1.54, 1.807) is 87.0 Å². The predicted octanol–water partition coefficient (Wildman–Crippen LogP) is 5.58. The van der Waals surface area contributed by atoms with Gasteiger partial charge in [0.25, 0.3) is 23.8 Å². The Morgan fingerprint density at radius 2 is 0.720 bits per heavy atom. The number of hydrogen-bond acceptors (Lipinski definition) is 33. The molecule has 5 amide bonds. The van der Waals surface area contributed by atoms with Crippen molar-refractivity contribution in [2.75, 3.05) is 130 Å². The van der Waals surface area contributed by atoms with Gasteiger partial charge in [-0.05, 0) is 194 Å². The van der Waals surface area contributed by atoms with Crippen molar-refractivity contribution in [3.8, 4) is 11.8 Å². The zero-order valence-electron chi connectivity index (χ0n) is 84.5. The molecular formula is C94H112Cl2F12K2N23NaO16. The predicted molar refractivity (Wildman–Crippen MR) is 512 cm³/mol. The van der Waals surface area contributed by atoms with E-state index in [4.69, 9.17) is 67.2 Å². The maximum absolute atomic E-state index is 13.3. The number of benzene rings is 1. The molecule has 39 nitrogen and oxygen atoms in total. The Hall–Kier alpha value is -10.6. The number of aromatic amines is 1. The molecule has 0 atom stereocenters. The normalized spacial score (nSPS) is 13.1. The van der Waals surface area contributed by atoms with Crippen LogP contribution >= 0.6 is 23.2 Å². The first kappa shape index (κ1) is 135. The van der Waals surface area contributed by atoms with Gasteiger partial charge in [0.05, 0.1) is 24.3 Å². The number of hydrogen-bond donors (Lipinski definition) is 4. The Morgan fingerprint density at radius 1 is 0.427 bits per heavy atom. The van der Waals surface area contributed by atoms with Crippen LogP contribution in [0, 0.1) is 42.6 Å². The number of carbonyl (C=O) groups is 5. The van der Waals surface area contributed by atoms with Gasteiger partial charge >= 0.3 is 169 Å². The van der Waals surface area contributed by atoms with Crippen LogP contribution < -0.4 is 178 Å². The van der Waals surface area contributed by atoms with E-state index in [1.165, 1.54) is 97.1 Å². The number of rotatable bonds is 15. The van der Waals surface area contributed by atoms with Gasteiger partial charge in [0.1, 0.15) is 30.0 Å². The van der Waals surface area contributed by atoms with Crippen molar-refractivity contribution in [2.24, 2.45) is 0 Å². The summed E-state index contributed by atoms with van der Waals surface area (Å²) in [6.45, 7) is 25.6. The molecule has 5 N–H and O–H groups in total. The SMILES string of the molecule is C.CC(C)(C)OC(=O)N1CCN(c2ncc[nH]c2=O)CC1.CC(C)(C)OC(=O)N1CCN(c2nccnc2Cl)CC1.CC(C)(C)OC(=O)N1CCN(c2nccnc2OCc2ccnc(F)c2)CC1.Cc1ccnc(F)c1.Fc1cc(CCl)ccn1.O=C(Nc1cc(C(F)(F)F)cc(C(F)(F)F)c1)N1CCN(c2nccnc2OCc2ccnc(F)c2)CC1.O=CO[O-].OCc1ccnc(F)c1.OCc1ccnc(F)c1.[H-].[K+].[K+].[Na+].[OH-]. The number of ether oxygens (including phenoxy) is 5. The smallest absolute Gasteiger partial charge is 1.00 e. The summed E-state index contributed by atoms with van der Waals surface area (Å²) in [6, 6.07) is 17.4. The number of aryl methyl sites for hydroxylation is 1. The number of aliphatic hydroxyl groups is 2. The molecule has 11 aromatic rings. The monoisotopic (exact) mass is 2220 g/mol. The molecular weight excluding hydrogens is 2110 g/mol. The maximum atomic E-state index is 13.3. The number of carbonyl (C=O) groups excluding carboxylic acids is 5. The van der Waals surface area contributed by atoms with E-state index in [2.05, 4.69) is 80.0 Å². The molecule has 1 aromatic carbocycles. The van der Waals surface area contributed by atoms with Crippen molar-refractivity contribution in [3.63, 3.8) is 0 Å². The van der Waals surface area contributed by atoms with Crippen molar-refractivity contribution in [1.82, 2.24) is 89.4 Å². The summed E-state index contributed by atoms with van der Waals surface area (Å²) in [6.07, 6.45) is 9.39. The van der Waals surface area contributed by atoms with Crippen LogP contribution in [-0.2, 0) is 68.6 Å². The molecule has 15 rings (SSSR count).